The smallest absolute Gasteiger partial charge is 0.341 e. The van der Waals surface area contributed by atoms with Crippen LogP contribution in [0.5, 0.6) is 0 Å². The van der Waals surface area contributed by atoms with Gasteiger partial charge in [0, 0.05) is 10.6 Å². The third kappa shape index (κ3) is 6.55. The first-order valence-electron chi connectivity index (χ1n) is 13.6. The minimum absolute atomic E-state index is 0.00941. The van der Waals surface area contributed by atoms with E-state index in [-0.39, 0.29) is 30.4 Å². The van der Waals surface area contributed by atoms with Crippen LogP contribution in [0.4, 0.5) is 9.39 Å². The number of nitrogens with zero attached hydrogens (tertiary/aromatic N) is 3. The van der Waals surface area contributed by atoms with Crippen LogP contribution in [-0.4, -0.2) is 44.9 Å². The van der Waals surface area contributed by atoms with Gasteiger partial charge in [-0.15, -0.1) is 21.5 Å². The molecule has 0 radical (unpaired) electrons. The Morgan fingerprint density at radius 1 is 1.10 bits per heavy atom. The molecule has 0 atom stereocenters. The number of aromatic nitrogens is 3. The minimum atomic E-state index is -0.616. The molecule has 0 spiro atoms. The number of carbonyl (C=O) groups is 3. The number of thioether (sulfide) groups is 1. The van der Waals surface area contributed by atoms with Gasteiger partial charge in [-0.1, -0.05) is 36.0 Å². The van der Waals surface area contributed by atoms with E-state index in [1.807, 2.05) is 31.2 Å². The molecule has 42 heavy (non-hydrogen) atoms. The van der Waals surface area contributed by atoms with Gasteiger partial charge in [-0.05, 0) is 74.9 Å². The molecule has 1 aliphatic carbocycles. The van der Waals surface area contributed by atoms with E-state index in [1.54, 1.807) is 17.6 Å². The SMILES string of the molecule is CCOC(=O)c1c(NC(=O)CSc2nnc(CNC(=O)c3ccccc3F)n2-c2cccc(C)c2)sc2c1CCCC2. The average Bonchev–Trinajstić information content (AvgIpc) is 3.56. The largest absolute Gasteiger partial charge is 0.462 e. The lowest BCUT2D eigenvalue weighted by atomic mass is 9.95. The molecule has 4 aromatic rings. The lowest BCUT2D eigenvalue weighted by Crippen LogP contribution is -2.25. The lowest BCUT2D eigenvalue weighted by Gasteiger charge is -2.13. The number of rotatable bonds is 10. The highest BCUT2D eigenvalue weighted by Gasteiger charge is 2.27. The van der Waals surface area contributed by atoms with E-state index in [2.05, 4.69) is 20.8 Å². The number of esters is 1. The highest BCUT2D eigenvalue weighted by atomic mass is 32.2. The highest BCUT2D eigenvalue weighted by molar-refractivity contribution is 7.99. The van der Waals surface area contributed by atoms with Crippen molar-refractivity contribution in [3.05, 3.63) is 87.3 Å². The summed E-state index contributed by atoms with van der Waals surface area (Å²) in [5.41, 5.74) is 3.14. The summed E-state index contributed by atoms with van der Waals surface area (Å²) in [6, 6.07) is 13.4. The third-order valence-electron chi connectivity index (χ3n) is 6.72. The second kappa shape index (κ2) is 13.3. The normalized spacial score (nSPS) is 12.5. The Kier molecular flexibility index (Phi) is 9.33. The Morgan fingerprint density at radius 2 is 1.90 bits per heavy atom. The van der Waals surface area contributed by atoms with Gasteiger partial charge in [0.05, 0.1) is 30.0 Å². The summed E-state index contributed by atoms with van der Waals surface area (Å²) >= 11 is 2.62. The first-order valence-corrected chi connectivity index (χ1v) is 15.4. The van der Waals surface area contributed by atoms with Crippen molar-refractivity contribution in [1.82, 2.24) is 20.1 Å². The minimum Gasteiger partial charge on any atom is -0.462 e. The molecule has 0 saturated carbocycles. The number of thiophene rings is 1. The fraction of sp³-hybridized carbons (Fsp3) is 0.300. The molecule has 2 N–H and O–H groups in total. The molecule has 0 aliphatic heterocycles. The number of hydrogen-bond acceptors (Lipinski definition) is 8. The molecule has 2 amide bonds. The Morgan fingerprint density at radius 3 is 2.69 bits per heavy atom. The molecule has 12 heteroatoms. The Balaban J connectivity index is 1.34. The average molecular weight is 608 g/mol. The van der Waals surface area contributed by atoms with Crippen LogP contribution < -0.4 is 10.6 Å². The zero-order chi connectivity index (χ0) is 29.6. The van der Waals surface area contributed by atoms with Crippen LogP contribution in [0.2, 0.25) is 0 Å². The summed E-state index contributed by atoms with van der Waals surface area (Å²) in [5.74, 6) is -1.47. The quantitative estimate of drug-likeness (QED) is 0.181. The molecular formula is C30H30FN5O4S2. The molecule has 0 unspecified atom stereocenters. The van der Waals surface area contributed by atoms with Crippen LogP contribution >= 0.6 is 23.1 Å². The summed E-state index contributed by atoms with van der Waals surface area (Å²) in [6.07, 6.45) is 3.72. The summed E-state index contributed by atoms with van der Waals surface area (Å²) in [6.45, 7) is 3.96. The van der Waals surface area contributed by atoms with Gasteiger partial charge in [0.25, 0.3) is 5.91 Å². The number of fused-ring (bicyclic) bond motifs is 1. The number of nitrogens with one attached hydrogen (secondary N) is 2. The van der Waals surface area contributed by atoms with Gasteiger partial charge in [-0.25, -0.2) is 9.18 Å². The fourth-order valence-electron chi connectivity index (χ4n) is 4.80. The molecule has 0 fully saturated rings. The van der Waals surface area contributed by atoms with Crippen LogP contribution in [0.3, 0.4) is 0 Å². The van der Waals surface area contributed by atoms with E-state index in [0.717, 1.165) is 47.4 Å². The molecule has 0 saturated heterocycles. The maximum atomic E-state index is 14.1. The van der Waals surface area contributed by atoms with Crippen molar-refractivity contribution < 1.29 is 23.5 Å². The molecule has 5 rings (SSSR count). The van der Waals surface area contributed by atoms with Crippen LogP contribution in [0.15, 0.2) is 53.7 Å². The zero-order valence-electron chi connectivity index (χ0n) is 23.2. The summed E-state index contributed by atoms with van der Waals surface area (Å²) in [5, 5.41) is 15.2. The summed E-state index contributed by atoms with van der Waals surface area (Å²) in [4.78, 5) is 39.6. The van der Waals surface area contributed by atoms with E-state index in [1.165, 1.54) is 41.3 Å². The van der Waals surface area contributed by atoms with Gasteiger partial charge >= 0.3 is 5.97 Å². The lowest BCUT2D eigenvalue weighted by molar-refractivity contribution is -0.113. The number of carbonyl (C=O) groups excluding carboxylic acids is 3. The van der Waals surface area contributed by atoms with Crippen molar-refractivity contribution in [2.75, 3.05) is 17.7 Å². The molecule has 1 aliphatic rings. The second-order valence-electron chi connectivity index (χ2n) is 9.71. The fourth-order valence-corrected chi connectivity index (χ4v) is 6.86. The molecule has 2 aromatic heterocycles. The highest BCUT2D eigenvalue weighted by Crippen LogP contribution is 2.38. The van der Waals surface area contributed by atoms with E-state index in [4.69, 9.17) is 4.74 Å². The van der Waals surface area contributed by atoms with Crippen molar-refractivity contribution in [3.8, 4) is 5.69 Å². The van der Waals surface area contributed by atoms with Crippen molar-refractivity contribution in [3.63, 3.8) is 0 Å². The summed E-state index contributed by atoms with van der Waals surface area (Å²) < 4.78 is 21.2. The first-order chi connectivity index (χ1) is 20.4. The van der Waals surface area contributed by atoms with Gasteiger partial charge in [-0.3, -0.25) is 14.2 Å². The maximum absolute atomic E-state index is 14.1. The van der Waals surface area contributed by atoms with Crippen LogP contribution in [0.25, 0.3) is 5.69 Å². The Labute approximate surface area is 250 Å². The molecule has 0 bridgehead atoms. The maximum Gasteiger partial charge on any atom is 0.341 e. The van der Waals surface area contributed by atoms with Gasteiger partial charge in [0.1, 0.15) is 10.8 Å². The van der Waals surface area contributed by atoms with Gasteiger partial charge in [0.2, 0.25) is 5.91 Å². The predicted molar refractivity (Wildman–Crippen MR) is 160 cm³/mol. The first kappa shape index (κ1) is 29.5. The van der Waals surface area contributed by atoms with Crippen molar-refractivity contribution >= 4 is 45.9 Å². The van der Waals surface area contributed by atoms with Crippen LogP contribution in [0, 0.1) is 12.7 Å². The van der Waals surface area contributed by atoms with Gasteiger partial charge in [-0.2, -0.15) is 0 Å². The molecule has 2 heterocycles. The number of halogens is 1. The Bertz CT molecular complexity index is 1630. The number of hydrogen-bond donors (Lipinski definition) is 2. The van der Waals surface area contributed by atoms with E-state index >= 15 is 0 Å². The molecule has 218 valence electrons. The monoisotopic (exact) mass is 607 g/mol. The third-order valence-corrected chi connectivity index (χ3v) is 8.86. The predicted octanol–water partition coefficient (Wildman–Crippen LogP) is 5.49. The second-order valence-corrected chi connectivity index (χ2v) is 11.8. The standard InChI is InChI=1S/C30H30FN5O4S2/c1-3-40-29(39)26-21-12-5-7-14-23(21)42-28(26)33-25(37)17-41-30-35-34-24(36(30)19-10-8-9-18(2)15-19)16-32-27(38)20-11-4-6-13-22(20)31/h4,6,8-11,13,15H,3,5,7,12,14,16-17H2,1-2H3,(H,32,38)(H,33,37). The topological polar surface area (TPSA) is 115 Å². The number of ether oxygens (including phenoxy) is 1. The van der Waals surface area contributed by atoms with Crippen LogP contribution in [-0.2, 0) is 28.9 Å². The van der Waals surface area contributed by atoms with E-state index < -0.39 is 17.7 Å². The van der Waals surface area contributed by atoms with Gasteiger partial charge in [0.15, 0.2) is 11.0 Å². The number of anilines is 1. The van der Waals surface area contributed by atoms with E-state index in [9.17, 15) is 18.8 Å². The number of aryl methyl sites for hydroxylation is 2. The van der Waals surface area contributed by atoms with Crippen LogP contribution in [0.1, 0.15) is 62.3 Å². The molecular weight excluding hydrogens is 577 g/mol. The number of amides is 2. The molecule has 2 aromatic carbocycles. The van der Waals surface area contributed by atoms with Crippen molar-refractivity contribution in [2.24, 2.45) is 0 Å². The Hall–Kier alpha value is -4.03. The molecule has 9 nitrogen and oxygen atoms in total. The van der Waals surface area contributed by atoms with Crippen molar-refractivity contribution in [2.45, 2.75) is 51.2 Å². The zero-order valence-corrected chi connectivity index (χ0v) is 24.9. The van der Waals surface area contributed by atoms with E-state index in [0.29, 0.717) is 21.5 Å². The van der Waals surface area contributed by atoms with Gasteiger partial charge < -0.3 is 15.4 Å². The van der Waals surface area contributed by atoms with Crippen molar-refractivity contribution in [1.29, 1.82) is 0 Å². The summed E-state index contributed by atoms with van der Waals surface area (Å²) in [7, 11) is 0. The number of benzene rings is 2.